The Morgan fingerprint density at radius 1 is 1.00 bits per heavy atom. The molecule has 158 valence electrons. The predicted octanol–water partition coefficient (Wildman–Crippen LogP) is 4.46. The van der Waals surface area contributed by atoms with Crippen LogP contribution in [-0.2, 0) is 9.53 Å². The lowest BCUT2D eigenvalue weighted by Crippen LogP contribution is -2.41. The molecule has 3 aromatic rings. The molecule has 0 unspecified atom stereocenters. The molecule has 31 heavy (non-hydrogen) atoms. The lowest BCUT2D eigenvalue weighted by Gasteiger charge is -2.22. The summed E-state index contributed by atoms with van der Waals surface area (Å²) in [6.45, 7) is 0.500. The molecule has 1 atom stereocenters. The highest BCUT2D eigenvalue weighted by Gasteiger charge is 2.35. The van der Waals surface area contributed by atoms with Gasteiger partial charge >= 0.3 is 5.97 Å². The SMILES string of the molecule is COC(=O)[C@@H]1CCCN1C(=O)c1cccc(-c2ccc(Oc3ccc(F)cc3)cc2)n1. The van der Waals surface area contributed by atoms with Crippen LogP contribution in [0.5, 0.6) is 11.5 Å². The summed E-state index contributed by atoms with van der Waals surface area (Å²) in [6, 6.07) is 17.7. The van der Waals surface area contributed by atoms with Crippen molar-refractivity contribution in [3.05, 3.63) is 78.2 Å². The zero-order chi connectivity index (χ0) is 21.8. The largest absolute Gasteiger partial charge is 0.467 e. The van der Waals surface area contributed by atoms with Gasteiger partial charge < -0.3 is 14.4 Å². The van der Waals surface area contributed by atoms with Crippen molar-refractivity contribution in [3.63, 3.8) is 0 Å². The van der Waals surface area contributed by atoms with Gasteiger partial charge in [0.15, 0.2) is 0 Å². The number of ether oxygens (including phenoxy) is 2. The van der Waals surface area contributed by atoms with Crippen LogP contribution in [0.3, 0.4) is 0 Å². The Morgan fingerprint density at radius 2 is 1.68 bits per heavy atom. The number of hydrogen-bond donors (Lipinski definition) is 0. The normalized spacial score (nSPS) is 15.5. The van der Waals surface area contributed by atoms with Crippen molar-refractivity contribution in [2.75, 3.05) is 13.7 Å². The molecule has 2 heterocycles. The first-order valence-corrected chi connectivity index (χ1v) is 9.95. The van der Waals surface area contributed by atoms with E-state index in [0.717, 1.165) is 12.0 Å². The second-order valence-electron chi connectivity index (χ2n) is 7.17. The van der Waals surface area contributed by atoms with Crippen molar-refractivity contribution in [2.24, 2.45) is 0 Å². The highest BCUT2D eigenvalue weighted by molar-refractivity contribution is 5.96. The molecular formula is C24H21FN2O4. The minimum absolute atomic E-state index is 0.278. The Kier molecular flexibility index (Phi) is 5.93. The highest BCUT2D eigenvalue weighted by Crippen LogP contribution is 2.26. The van der Waals surface area contributed by atoms with Crippen molar-refractivity contribution >= 4 is 11.9 Å². The Morgan fingerprint density at radius 3 is 2.35 bits per heavy atom. The number of benzene rings is 2. The molecule has 0 spiro atoms. The number of rotatable bonds is 5. The summed E-state index contributed by atoms with van der Waals surface area (Å²) in [6.07, 6.45) is 1.34. The van der Waals surface area contributed by atoms with Crippen LogP contribution in [0.1, 0.15) is 23.3 Å². The van der Waals surface area contributed by atoms with Crippen LogP contribution in [0.2, 0.25) is 0 Å². The quantitative estimate of drug-likeness (QED) is 0.570. The maximum absolute atomic E-state index is 13.0. The van der Waals surface area contributed by atoms with Gasteiger partial charge in [0.1, 0.15) is 29.1 Å². The fourth-order valence-electron chi connectivity index (χ4n) is 3.59. The molecule has 0 saturated carbocycles. The zero-order valence-electron chi connectivity index (χ0n) is 17.0. The summed E-state index contributed by atoms with van der Waals surface area (Å²) in [5, 5.41) is 0. The number of nitrogens with zero attached hydrogens (tertiary/aromatic N) is 2. The van der Waals surface area contributed by atoms with E-state index in [1.165, 1.54) is 24.1 Å². The third kappa shape index (κ3) is 4.55. The van der Waals surface area contributed by atoms with Crippen LogP contribution in [0.4, 0.5) is 4.39 Å². The number of pyridine rings is 1. The van der Waals surface area contributed by atoms with Crippen molar-refractivity contribution in [1.29, 1.82) is 0 Å². The number of halogens is 1. The van der Waals surface area contributed by atoms with Gasteiger partial charge in [0.2, 0.25) is 0 Å². The molecule has 1 aliphatic heterocycles. The van der Waals surface area contributed by atoms with Crippen LogP contribution in [0, 0.1) is 5.82 Å². The summed E-state index contributed by atoms with van der Waals surface area (Å²) >= 11 is 0. The Balaban J connectivity index is 1.50. The van der Waals surface area contributed by atoms with Gasteiger partial charge in [-0.25, -0.2) is 14.2 Å². The molecule has 0 N–H and O–H groups in total. The summed E-state index contributed by atoms with van der Waals surface area (Å²) < 4.78 is 23.5. The van der Waals surface area contributed by atoms with E-state index in [9.17, 15) is 14.0 Å². The van der Waals surface area contributed by atoms with Crippen molar-refractivity contribution < 1.29 is 23.5 Å². The van der Waals surface area contributed by atoms with Crippen molar-refractivity contribution in [2.45, 2.75) is 18.9 Å². The first-order valence-electron chi connectivity index (χ1n) is 9.95. The fraction of sp³-hybridized carbons (Fsp3) is 0.208. The number of carbonyl (C=O) groups excluding carboxylic acids is 2. The van der Waals surface area contributed by atoms with Gasteiger partial charge in [0.25, 0.3) is 5.91 Å². The average Bonchev–Trinajstić information content (AvgIpc) is 3.30. The molecule has 1 saturated heterocycles. The van der Waals surface area contributed by atoms with Gasteiger partial charge in [-0.3, -0.25) is 4.79 Å². The van der Waals surface area contributed by atoms with Crippen molar-refractivity contribution in [3.8, 4) is 22.8 Å². The maximum Gasteiger partial charge on any atom is 0.328 e. The number of hydrogen-bond acceptors (Lipinski definition) is 5. The zero-order valence-corrected chi connectivity index (χ0v) is 17.0. The molecule has 1 aromatic heterocycles. The third-order valence-corrected chi connectivity index (χ3v) is 5.15. The fourth-order valence-corrected chi connectivity index (χ4v) is 3.59. The minimum atomic E-state index is -0.564. The first kappa shape index (κ1) is 20.5. The van der Waals surface area contributed by atoms with Crippen LogP contribution in [-0.4, -0.2) is 41.5 Å². The molecule has 1 aliphatic rings. The summed E-state index contributed by atoms with van der Waals surface area (Å²) in [5.74, 6) is 0.117. The summed E-state index contributed by atoms with van der Waals surface area (Å²) in [4.78, 5) is 30.9. The molecule has 2 aromatic carbocycles. The molecule has 1 amide bonds. The van der Waals surface area contributed by atoms with Gasteiger partial charge in [-0.2, -0.15) is 0 Å². The molecule has 7 heteroatoms. The van der Waals surface area contributed by atoms with Gasteiger partial charge in [-0.05, 0) is 73.5 Å². The Labute approximate surface area is 179 Å². The predicted molar refractivity (Wildman–Crippen MR) is 112 cm³/mol. The third-order valence-electron chi connectivity index (χ3n) is 5.15. The minimum Gasteiger partial charge on any atom is -0.467 e. The topological polar surface area (TPSA) is 68.7 Å². The van der Waals surface area contributed by atoms with Gasteiger partial charge in [0.05, 0.1) is 12.8 Å². The highest BCUT2D eigenvalue weighted by atomic mass is 19.1. The summed E-state index contributed by atoms with van der Waals surface area (Å²) in [5.41, 5.74) is 1.72. The molecule has 0 aliphatic carbocycles. The van der Waals surface area contributed by atoms with Crippen LogP contribution < -0.4 is 4.74 Å². The number of methoxy groups -OCH3 is 1. The monoisotopic (exact) mass is 420 g/mol. The maximum atomic E-state index is 13.0. The van der Waals surface area contributed by atoms with Crippen LogP contribution in [0.15, 0.2) is 66.7 Å². The number of esters is 1. The molecule has 0 radical (unpaired) electrons. The van der Waals surface area contributed by atoms with E-state index in [0.29, 0.717) is 30.2 Å². The molecular weight excluding hydrogens is 399 g/mol. The molecule has 6 nitrogen and oxygen atoms in total. The first-order chi connectivity index (χ1) is 15.0. The Hall–Kier alpha value is -3.74. The lowest BCUT2D eigenvalue weighted by atomic mass is 10.1. The molecule has 0 bridgehead atoms. The molecule has 4 rings (SSSR count). The van der Waals surface area contributed by atoms with E-state index in [4.69, 9.17) is 9.47 Å². The van der Waals surface area contributed by atoms with Gasteiger partial charge in [0, 0.05) is 12.1 Å². The van der Waals surface area contributed by atoms with E-state index in [2.05, 4.69) is 4.98 Å². The van der Waals surface area contributed by atoms with Gasteiger partial charge in [-0.15, -0.1) is 0 Å². The van der Waals surface area contributed by atoms with E-state index in [-0.39, 0.29) is 17.4 Å². The van der Waals surface area contributed by atoms with E-state index in [1.54, 1.807) is 36.4 Å². The van der Waals surface area contributed by atoms with E-state index >= 15 is 0 Å². The average molecular weight is 420 g/mol. The number of amides is 1. The van der Waals surface area contributed by atoms with E-state index in [1.807, 2.05) is 18.2 Å². The second kappa shape index (κ2) is 8.95. The Bertz CT molecular complexity index is 1080. The number of aromatic nitrogens is 1. The van der Waals surface area contributed by atoms with Crippen molar-refractivity contribution in [1.82, 2.24) is 9.88 Å². The second-order valence-corrected chi connectivity index (χ2v) is 7.17. The van der Waals surface area contributed by atoms with Gasteiger partial charge in [-0.1, -0.05) is 6.07 Å². The lowest BCUT2D eigenvalue weighted by molar-refractivity contribution is -0.145. The number of carbonyl (C=O) groups is 2. The molecule has 1 fully saturated rings. The summed E-state index contributed by atoms with van der Waals surface area (Å²) in [7, 11) is 1.33. The van der Waals surface area contributed by atoms with Crippen LogP contribution in [0.25, 0.3) is 11.3 Å². The smallest absolute Gasteiger partial charge is 0.328 e. The standard InChI is InChI=1S/C24H21FN2O4/c1-30-24(29)22-6-3-15-27(22)23(28)21-5-2-4-20(26-21)16-7-11-18(12-8-16)31-19-13-9-17(25)10-14-19/h2,4-5,7-14,22H,3,6,15H2,1H3/t22-/m0/s1. The van der Waals surface area contributed by atoms with E-state index < -0.39 is 12.0 Å². The number of likely N-dealkylation sites (tertiary alicyclic amines) is 1. The van der Waals surface area contributed by atoms with Crippen LogP contribution >= 0.6 is 0 Å².